The van der Waals surface area contributed by atoms with Crippen molar-refractivity contribution in [3.63, 3.8) is 0 Å². The van der Waals surface area contributed by atoms with Gasteiger partial charge in [0.2, 0.25) is 10.0 Å². The van der Waals surface area contributed by atoms with E-state index in [0.29, 0.717) is 36.5 Å². The fraction of sp³-hybridized carbons (Fsp3) is 0.381. The van der Waals surface area contributed by atoms with Crippen LogP contribution in [0, 0.1) is 0 Å². The molecular formula is C21H25BrN2O3S. The molecule has 0 saturated carbocycles. The molecule has 1 saturated heterocycles. The van der Waals surface area contributed by atoms with Gasteiger partial charge < -0.3 is 5.32 Å². The Hall–Kier alpha value is -1.70. The SMILES string of the molecule is O=C(NCCc1ccc(S(=O)(=O)N2CCCCCC2)cc1)c1cccc(Br)c1. The van der Waals surface area contributed by atoms with Gasteiger partial charge in [-0.15, -0.1) is 0 Å². The van der Waals surface area contributed by atoms with E-state index in [1.54, 1.807) is 28.6 Å². The van der Waals surface area contributed by atoms with Crippen LogP contribution >= 0.6 is 15.9 Å². The van der Waals surface area contributed by atoms with E-state index >= 15 is 0 Å². The maximum absolute atomic E-state index is 12.8. The average Bonchev–Trinajstić information content (AvgIpc) is 2.98. The molecule has 1 heterocycles. The molecule has 0 aliphatic carbocycles. The molecule has 0 aromatic heterocycles. The third-order valence-electron chi connectivity index (χ3n) is 4.91. The Morgan fingerprint density at radius 3 is 2.32 bits per heavy atom. The molecular weight excluding hydrogens is 440 g/mol. The molecule has 2 aromatic carbocycles. The Kier molecular flexibility index (Phi) is 7.26. The van der Waals surface area contributed by atoms with Crippen LogP contribution in [0.4, 0.5) is 0 Å². The van der Waals surface area contributed by atoms with Crippen molar-refractivity contribution in [2.45, 2.75) is 37.0 Å². The van der Waals surface area contributed by atoms with E-state index < -0.39 is 10.0 Å². The molecule has 1 fully saturated rings. The van der Waals surface area contributed by atoms with Crippen molar-refractivity contribution in [2.75, 3.05) is 19.6 Å². The molecule has 0 spiro atoms. The van der Waals surface area contributed by atoms with Crippen LogP contribution in [0.5, 0.6) is 0 Å². The first-order valence-corrected chi connectivity index (χ1v) is 11.8. The Labute approximate surface area is 175 Å². The monoisotopic (exact) mass is 464 g/mol. The zero-order valence-electron chi connectivity index (χ0n) is 15.7. The summed E-state index contributed by atoms with van der Waals surface area (Å²) in [4.78, 5) is 12.5. The Morgan fingerprint density at radius 1 is 1.00 bits per heavy atom. The molecule has 1 amide bonds. The number of nitrogens with one attached hydrogen (secondary N) is 1. The van der Waals surface area contributed by atoms with E-state index in [2.05, 4.69) is 21.2 Å². The lowest BCUT2D eigenvalue weighted by atomic mass is 10.1. The summed E-state index contributed by atoms with van der Waals surface area (Å²) in [6, 6.07) is 14.2. The first-order valence-electron chi connectivity index (χ1n) is 9.60. The van der Waals surface area contributed by atoms with Gasteiger partial charge in [-0.3, -0.25) is 4.79 Å². The number of hydrogen-bond acceptors (Lipinski definition) is 3. The second-order valence-corrected chi connectivity index (χ2v) is 9.83. The van der Waals surface area contributed by atoms with Crippen LogP contribution in [-0.4, -0.2) is 38.3 Å². The number of rotatable bonds is 6. The highest BCUT2D eigenvalue weighted by molar-refractivity contribution is 9.10. The largest absolute Gasteiger partial charge is 0.352 e. The molecule has 7 heteroatoms. The van der Waals surface area contributed by atoms with E-state index in [0.717, 1.165) is 35.7 Å². The summed E-state index contributed by atoms with van der Waals surface area (Å²) in [7, 11) is -3.42. The van der Waals surface area contributed by atoms with Crippen molar-refractivity contribution in [1.82, 2.24) is 9.62 Å². The van der Waals surface area contributed by atoms with Crippen molar-refractivity contribution in [1.29, 1.82) is 0 Å². The maximum Gasteiger partial charge on any atom is 0.251 e. The Morgan fingerprint density at radius 2 is 1.68 bits per heavy atom. The van der Waals surface area contributed by atoms with Crippen LogP contribution in [0.1, 0.15) is 41.6 Å². The van der Waals surface area contributed by atoms with Crippen LogP contribution in [0.3, 0.4) is 0 Å². The minimum Gasteiger partial charge on any atom is -0.352 e. The summed E-state index contributed by atoms with van der Waals surface area (Å²) in [6.07, 6.45) is 4.68. The second-order valence-electron chi connectivity index (χ2n) is 6.98. The summed E-state index contributed by atoms with van der Waals surface area (Å²) in [5, 5.41) is 2.89. The highest BCUT2D eigenvalue weighted by atomic mass is 79.9. The van der Waals surface area contributed by atoms with E-state index in [9.17, 15) is 13.2 Å². The second kappa shape index (κ2) is 9.67. The summed E-state index contributed by atoms with van der Waals surface area (Å²) >= 11 is 3.36. The molecule has 1 aliphatic heterocycles. The topological polar surface area (TPSA) is 66.5 Å². The predicted octanol–water partition coefficient (Wildman–Crippen LogP) is 3.99. The molecule has 5 nitrogen and oxygen atoms in total. The van der Waals surface area contributed by atoms with Crippen LogP contribution in [0.25, 0.3) is 0 Å². The molecule has 0 radical (unpaired) electrons. The van der Waals surface area contributed by atoms with Gasteiger partial charge >= 0.3 is 0 Å². The van der Waals surface area contributed by atoms with Crippen LogP contribution in [0.2, 0.25) is 0 Å². The van der Waals surface area contributed by atoms with Gasteiger partial charge in [0.1, 0.15) is 0 Å². The molecule has 1 N–H and O–H groups in total. The molecule has 28 heavy (non-hydrogen) atoms. The molecule has 2 aromatic rings. The predicted molar refractivity (Wildman–Crippen MR) is 114 cm³/mol. The third-order valence-corrected chi connectivity index (χ3v) is 7.32. The quantitative estimate of drug-likeness (QED) is 0.702. The van der Waals surface area contributed by atoms with Crippen molar-refractivity contribution in [3.05, 3.63) is 64.1 Å². The summed E-state index contributed by atoms with van der Waals surface area (Å²) in [5.41, 5.74) is 1.60. The van der Waals surface area contributed by atoms with Gasteiger partial charge in [-0.25, -0.2) is 8.42 Å². The number of carbonyl (C=O) groups is 1. The first-order chi connectivity index (χ1) is 13.5. The van der Waals surface area contributed by atoms with Crippen molar-refractivity contribution in [3.8, 4) is 0 Å². The first kappa shape index (κ1) is 21.0. The number of carbonyl (C=O) groups excluding carboxylic acids is 1. The molecule has 0 bridgehead atoms. The fourth-order valence-electron chi connectivity index (χ4n) is 3.31. The van der Waals surface area contributed by atoms with Gasteiger partial charge in [0.05, 0.1) is 4.90 Å². The molecule has 0 unspecified atom stereocenters. The maximum atomic E-state index is 12.8. The highest BCUT2D eigenvalue weighted by Crippen LogP contribution is 2.20. The zero-order chi connectivity index (χ0) is 20.0. The number of benzene rings is 2. The molecule has 150 valence electrons. The lowest BCUT2D eigenvalue weighted by Crippen LogP contribution is -2.31. The molecule has 1 aliphatic rings. The lowest BCUT2D eigenvalue weighted by Gasteiger charge is -2.20. The van der Waals surface area contributed by atoms with E-state index in [4.69, 9.17) is 0 Å². The van der Waals surface area contributed by atoms with Crippen LogP contribution in [0.15, 0.2) is 57.9 Å². The van der Waals surface area contributed by atoms with E-state index in [1.165, 1.54) is 0 Å². The summed E-state index contributed by atoms with van der Waals surface area (Å²) < 4.78 is 28.1. The summed E-state index contributed by atoms with van der Waals surface area (Å²) in [5.74, 6) is -0.123. The minimum absolute atomic E-state index is 0.123. The van der Waals surface area contributed by atoms with Gasteiger partial charge in [0.15, 0.2) is 0 Å². The van der Waals surface area contributed by atoms with Crippen molar-refractivity contribution >= 4 is 31.9 Å². The smallest absolute Gasteiger partial charge is 0.251 e. The standard InChI is InChI=1S/C21H25BrN2O3S/c22-19-7-5-6-18(16-19)21(25)23-13-12-17-8-10-20(11-9-17)28(26,27)24-14-3-1-2-4-15-24/h5-11,16H,1-4,12-15H2,(H,23,25). The molecule has 0 atom stereocenters. The number of hydrogen-bond donors (Lipinski definition) is 1. The van der Waals surface area contributed by atoms with Crippen molar-refractivity contribution in [2.24, 2.45) is 0 Å². The van der Waals surface area contributed by atoms with Gasteiger partial charge in [0, 0.05) is 29.7 Å². The Bertz CT molecular complexity index is 906. The Balaban J connectivity index is 1.56. The van der Waals surface area contributed by atoms with Crippen LogP contribution in [-0.2, 0) is 16.4 Å². The zero-order valence-corrected chi connectivity index (χ0v) is 18.1. The van der Waals surface area contributed by atoms with Gasteiger partial charge in [-0.1, -0.05) is 47.0 Å². The minimum atomic E-state index is -3.42. The number of halogens is 1. The average molecular weight is 465 g/mol. The highest BCUT2D eigenvalue weighted by Gasteiger charge is 2.24. The third kappa shape index (κ3) is 5.43. The normalized spacial score (nSPS) is 15.8. The number of sulfonamides is 1. The van der Waals surface area contributed by atoms with Gasteiger partial charge in [-0.2, -0.15) is 4.31 Å². The number of nitrogens with zero attached hydrogens (tertiary/aromatic N) is 1. The van der Waals surface area contributed by atoms with Crippen LogP contribution < -0.4 is 5.32 Å². The van der Waals surface area contributed by atoms with E-state index in [1.807, 2.05) is 24.3 Å². The van der Waals surface area contributed by atoms with Crippen molar-refractivity contribution < 1.29 is 13.2 Å². The van der Waals surface area contributed by atoms with Gasteiger partial charge in [-0.05, 0) is 55.2 Å². The number of amides is 1. The molecule has 3 rings (SSSR count). The summed E-state index contributed by atoms with van der Waals surface area (Å²) in [6.45, 7) is 1.70. The lowest BCUT2D eigenvalue weighted by molar-refractivity contribution is 0.0954. The van der Waals surface area contributed by atoms with E-state index in [-0.39, 0.29) is 5.91 Å². The van der Waals surface area contributed by atoms with Gasteiger partial charge in [0.25, 0.3) is 5.91 Å². The fourth-order valence-corrected chi connectivity index (χ4v) is 5.23.